The quantitative estimate of drug-likeness (QED) is 0.217. The van der Waals surface area contributed by atoms with Crippen LogP contribution in [0.4, 0.5) is 57.9 Å². The molecule has 34 heavy (non-hydrogen) atoms. The predicted molar refractivity (Wildman–Crippen MR) is 109 cm³/mol. The minimum atomic E-state index is -1.96. The Morgan fingerprint density at radius 1 is 0.588 bits per heavy atom. The highest BCUT2D eigenvalue weighted by Gasteiger charge is 2.49. The van der Waals surface area contributed by atoms with Gasteiger partial charge in [0.15, 0.2) is 0 Å². The van der Waals surface area contributed by atoms with Crippen molar-refractivity contribution < 1.29 is 35.1 Å². The van der Waals surface area contributed by atoms with Crippen molar-refractivity contribution in [1.29, 1.82) is 0 Å². The fraction of sp³-hybridized carbons (Fsp3) is 0. The second-order valence-corrected chi connectivity index (χ2v) is 7.94. The number of pyridine rings is 2. The fourth-order valence-electron chi connectivity index (χ4n) is 3.80. The Labute approximate surface area is 189 Å². The Morgan fingerprint density at radius 2 is 1.00 bits per heavy atom. The van der Waals surface area contributed by atoms with Gasteiger partial charge in [-0.05, 0) is 17.5 Å². The fourth-order valence-corrected chi connectivity index (χ4v) is 4.61. The molecule has 172 valence electrons. The van der Waals surface area contributed by atoms with E-state index in [2.05, 4.69) is 9.97 Å². The van der Waals surface area contributed by atoms with Crippen LogP contribution in [-0.2, 0) is 0 Å². The molecule has 0 fully saturated rings. The molecule has 3 aromatic heterocycles. The van der Waals surface area contributed by atoms with E-state index in [1.165, 1.54) is 41.8 Å². The molecule has 0 radical (unpaired) electrons. The second kappa shape index (κ2) is 7.97. The van der Waals surface area contributed by atoms with Crippen molar-refractivity contribution in [3.05, 3.63) is 88.8 Å². The number of thiophene rings is 1. The summed E-state index contributed by atoms with van der Waals surface area (Å²) in [5.41, 5.74) is -2.84. The van der Waals surface area contributed by atoms with Crippen LogP contribution < -0.4 is 14.4 Å². The predicted octanol–water partition coefficient (Wildman–Crippen LogP) is 5.34. The standard InChI is InChI=1S/C20H7BF8N4S/c22-11-15(12(23)18(27)30-17(11)26)32-8-4-1-2-5-9(8)33(21(32)10-6-3-7-34-10)16-13(24)19(28)31-20(29)14(16)25/h1-7H. The number of fused-ring (bicyclic) bond motifs is 1. The third-order valence-corrected chi connectivity index (χ3v) is 6.03. The highest BCUT2D eigenvalue weighted by atomic mass is 32.1. The number of nitrogens with zero attached hydrogens (tertiary/aromatic N) is 4. The lowest BCUT2D eigenvalue weighted by Gasteiger charge is -2.29. The number of anilines is 4. The monoisotopic (exact) mass is 498 g/mol. The molecule has 0 spiro atoms. The molecule has 1 aliphatic rings. The van der Waals surface area contributed by atoms with Crippen molar-refractivity contribution in [2.24, 2.45) is 0 Å². The largest absolute Gasteiger partial charge is 0.431 e. The van der Waals surface area contributed by atoms with E-state index in [1.807, 2.05) is 0 Å². The van der Waals surface area contributed by atoms with Gasteiger partial charge in [0.1, 0.15) is 11.4 Å². The van der Waals surface area contributed by atoms with E-state index in [0.717, 1.165) is 21.0 Å². The number of hydrogen-bond donors (Lipinski definition) is 0. The van der Waals surface area contributed by atoms with Gasteiger partial charge in [-0.2, -0.15) is 56.4 Å². The Morgan fingerprint density at radius 3 is 1.35 bits per heavy atom. The maximum atomic E-state index is 14.8. The van der Waals surface area contributed by atoms with Gasteiger partial charge in [0.25, 0.3) is 23.8 Å². The Hall–Kier alpha value is -3.68. The van der Waals surface area contributed by atoms with E-state index in [0.29, 0.717) is 0 Å². The third-order valence-electron chi connectivity index (χ3n) is 5.12. The van der Waals surface area contributed by atoms with Gasteiger partial charge >= 0.3 is 6.98 Å². The zero-order valence-corrected chi connectivity index (χ0v) is 17.2. The van der Waals surface area contributed by atoms with E-state index < -0.39 is 65.4 Å². The number of rotatable bonds is 3. The van der Waals surface area contributed by atoms with Crippen molar-refractivity contribution in [1.82, 2.24) is 9.97 Å². The summed E-state index contributed by atoms with van der Waals surface area (Å²) in [7, 11) is 0. The van der Waals surface area contributed by atoms with Crippen LogP contribution >= 0.6 is 11.3 Å². The van der Waals surface area contributed by atoms with E-state index >= 15 is 0 Å². The van der Waals surface area contributed by atoms with Gasteiger partial charge in [0.05, 0.1) is 11.4 Å². The van der Waals surface area contributed by atoms with Crippen LogP contribution in [0.15, 0.2) is 41.8 Å². The smallest absolute Gasteiger partial charge is 0.354 e. The maximum Gasteiger partial charge on any atom is 0.431 e. The maximum absolute atomic E-state index is 14.8. The van der Waals surface area contributed by atoms with Crippen LogP contribution in [0.3, 0.4) is 0 Å². The first-order valence-corrected chi connectivity index (χ1v) is 10.2. The summed E-state index contributed by atoms with van der Waals surface area (Å²) < 4.78 is 116. The van der Waals surface area contributed by atoms with Gasteiger partial charge < -0.3 is 9.62 Å². The van der Waals surface area contributed by atoms with Crippen LogP contribution in [0.2, 0.25) is 0 Å². The molecule has 4 heterocycles. The van der Waals surface area contributed by atoms with E-state index in [4.69, 9.17) is 0 Å². The summed E-state index contributed by atoms with van der Waals surface area (Å²) in [4.78, 5) is 6.52. The van der Waals surface area contributed by atoms with Crippen LogP contribution in [-0.4, -0.2) is 17.0 Å². The van der Waals surface area contributed by atoms with Crippen molar-refractivity contribution in [3.8, 4) is 0 Å². The molecule has 5 rings (SSSR count). The normalized spacial score (nSPS) is 13.1. The topological polar surface area (TPSA) is 32.3 Å². The number of hydrogen-bond acceptors (Lipinski definition) is 5. The molecular formula is C20H7BF8N4S. The summed E-state index contributed by atoms with van der Waals surface area (Å²) in [5, 5.41) is 1.51. The molecule has 0 amide bonds. The third kappa shape index (κ3) is 3.12. The molecule has 0 saturated heterocycles. The van der Waals surface area contributed by atoms with E-state index in [1.54, 1.807) is 0 Å². The molecule has 0 atom stereocenters. The zero-order chi connectivity index (χ0) is 24.3. The molecule has 0 unspecified atom stereocenters. The number of aromatic nitrogens is 2. The van der Waals surface area contributed by atoms with Gasteiger partial charge in [-0.1, -0.05) is 24.3 Å². The minimum Gasteiger partial charge on any atom is -0.354 e. The molecule has 0 saturated carbocycles. The molecule has 1 aromatic carbocycles. The zero-order valence-electron chi connectivity index (χ0n) is 16.3. The first-order chi connectivity index (χ1) is 16.2. The molecule has 0 N–H and O–H groups in total. The first kappa shape index (κ1) is 22.1. The Balaban J connectivity index is 1.89. The van der Waals surface area contributed by atoms with Crippen LogP contribution in [0, 0.1) is 47.1 Å². The SMILES string of the molecule is Fc1nc(F)c(F)c(N2B(c3cccs3)N(c3c(F)c(F)nc(F)c3F)c3ccccc32)c1F. The van der Waals surface area contributed by atoms with E-state index in [-0.39, 0.29) is 16.2 Å². The highest BCUT2D eigenvalue weighted by molar-refractivity contribution is 7.23. The molecule has 0 bridgehead atoms. The average Bonchev–Trinajstić information content (AvgIpc) is 3.44. The van der Waals surface area contributed by atoms with Crippen LogP contribution in [0.5, 0.6) is 0 Å². The number of benzene rings is 1. The molecule has 4 nitrogen and oxygen atoms in total. The van der Waals surface area contributed by atoms with Crippen molar-refractivity contribution in [2.45, 2.75) is 0 Å². The van der Waals surface area contributed by atoms with Crippen LogP contribution in [0.25, 0.3) is 0 Å². The lowest BCUT2D eigenvalue weighted by atomic mass is 9.70. The van der Waals surface area contributed by atoms with Gasteiger partial charge in [0.2, 0.25) is 23.3 Å². The van der Waals surface area contributed by atoms with Crippen molar-refractivity contribution >= 4 is 45.8 Å². The van der Waals surface area contributed by atoms with Gasteiger partial charge in [-0.3, -0.25) is 0 Å². The summed E-state index contributed by atoms with van der Waals surface area (Å²) in [6.07, 6.45) is 0. The highest BCUT2D eigenvalue weighted by Crippen LogP contribution is 2.49. The lowest BCUT2D eigenvalue weighted by molar-refractivity contribution is 0.409. The first-order valence-electron chi connectivity index (χ1n) is 9.33. The van der Waals surface area contributed by atoms with Gasteiger partial charge in [0, 0.05) is 4.78 Å². The average molecular weight is 498 g/mol. The molecule has 14 heteroatoms. The van der Waals surface area contributed by atoms with Crippen molar-refractivity contribution in [2.75, 3.05) is 9.62 Å². The van der Waals surface area contributed by atoms with Crippen LogP contribution in [0.1, 0.15) is 0 Å². The summed E-state index contributed by atoms with van der Waals surface area (Å²) in [6, 6.07) is 8.13. The molecule has 4 aromatic rings. The van der Waals surface area contributed by atoms with E-state index in [9.17, 15) is 35.1 Å². The number of halogens is 8. The summed E-state index contributed by atoms with van der Waals surface area (Å²) >= 11 is 0.948. The second-order valence-electron chi connectivity index (χ2n) is 6.96. The van der Waals surface area contributed by atoms with Crippen molar-refractivity contribution in [3.63, 3.8) is 0 Å². The summed E-state index contributed by atoms with van der Waals surface area (Å²) in [5.74, 6) is -15.4. The minimum absolute atomic E-state index is 0.157. The Kier molecular flexibility index (Phi) is 5.19. The molecular weight excluding hydrogens is 491 g/mol. The molecule has 0 aliphatic carbocycles. The Bertz CT molecular complexity index is 1290. The summed E-state index contributed by atoms with van der Waals surface area (Å²) in [6.45, 7) is -1.62. The van der Waals surface area contributed by atoms with Gasteiger partial charge in [-0.25, -0.2) is 0 Å². The molecule has 1 aliphatic heterocycles. The number of para-hydroxylation sites is 2. The lowest BCUT2D eigenvalue weighted by Crippen LogP contribution is -2.53. The van der Waals surface area contributed by atoms with Gasteiger partial charge in [-0.15, -0.1) is 0 Å².